The highest BCUT2D eigenvalue weighted by Crippen LogP contribution is 2.66. The van der Waals surface area contributed by atoms with Crippen LogP contribution in [0, 0.1) is 18.8 Å². The maximum atomic E-state index is 13.8. The summed E-state index contributed by atoms with van der Waals surface area (Å²) in [5.41, 5.74) is 1.33. The van der Waals surface area contributed by atoms with Crippen LogP contribution in [0.5, 0.6) is 0 Å². The van der Waals surface area contributed by atoms with Crippen LogP contribution in [0.25, 0.3) is 0 Å². The molecule has 4 rings (SSSR count). The van der Waals surface area contributed by atoms with E-state index in [0.717, 1.165) is 12.0 Å². The molecule has 9 heteroatoms. The number of amides is 2. The molecule has 3 saturated heterocycles. The third-order valence-corrected chi connectivity index (χ3v) is 9.36. The Kier molecular flexibility index (Phi) is 6.49. The molecule has 0 saturated carbocycles. The number of nitrogens with one attached hydrogen (secondary N) is 1. The highest BCUT2D eigenvalue weighted by atomic mass is 35.5. The van der Waals surface area contributed by atoms with Crippen molar-refractivity contribution in [3.05, 3.63) is 28.8 Å². The number of anilines is 1. The maximum absolute atomic E-state index is 13.8. The lowest BCUT2D eigenvalue weighted by Crippen LogP contribution is -2.54. The smallest absolute Gasteiger partial charge is 0.310 e. The Morgan fingerprint density at radius 1 is 1.41 bits per heavy atom. The summed E-state index contributed by atoms with van der Waals surface area (Å²) in [5, 5.41) is 13.4. The first-order chi connectivity index (χ1) is 15.3. The molecule has 3 aliphatic heterocycles. The molecule has 2 unspecified atom stereocenters. The normalized spacial score (nSPS) is 31.5. The Hall–Kier alpha value is -1.77. The molecule has 3 heterocycles. The molecule has 2 N–H and O–H groups in total. The molecule has 0 aliphatic carbocycles. The quantitative estimate of drug-likeness (QED) is 0.582. The van der Waals surface area contributed by atoms with Crippen molar-refractivity contribution in [1.82, 2.24) is 4.90 Å². The van der Waals surface area contributed by atoms with Gasteiger partial charge in [0.15, 0.2) is 0 Å². The number of ether oxygens (including phenoxy) is 1. The first-order valence-corrected chi connectivity index (χ1v) is 12.4. The standard InChI is InChI=1S/C23H29ClN2O5S/c1-4-13(11-27)26-19(20(28)25-18-12(3)7-6-8-14(18)24)23-10-9-15(32-23)16(17(23)21(26)29)22(30)31-5-2/h6-8,13,15-17,19,27H,4-5,9-11H2,1-3H3,(H,25,28)/t13-,15-,16+,17-,19?,23?/m0/s1. The van der Waals surface area contributed by atoms with E-state index in [1.807, 2.05) is 26.0 Å². The number of carbonyl (C=O) groups excluding carboxylic acids is 3. The van der Waals surface area contributed by atoms with E-state index < -0.39 is 28.7 Å². The number of aryl methyl sites for hydroxylation is 1. The predicted octanol–water partition coefficient (Wildman–Crippen LogP) is 3.01. The Bertz CT molecular complexity index is 919. The fourth-order valence-corrected chi connectivity index (χ4v) is 8.15. The zero-order chi connectivity index (χ0) is 23.2. The van der Waals surface area contributed by atoms with Crippen molar-refractivity contribution < 1.29 is 24.2 Å². The average Bonchev–Trinajstić information content (AvgIpc) is 3.40. The molecule has 6 atom stereocenters. The minimum atomic E-state index is -0.804. The van der Waals surface area contributed by atoms with E-state index in [1.54, 1.807) is 24.8 Å². The van der Waals surface area contributed by atoms with Gasteiger partial charge in [0.1, 0.15) is 6.04 Å². The summed E-state index contributed by atoms with van der Waals surface area (Å²) >= 11 is 7.92. The first kappa shape index (κ1) is 23.4. The van der Waals surface area contributed by atoms with E-state index in [9.17, 15) is 19.5 Å². The number of aliphatic hydroxyl groups excluding tert-OH is 1. The van der Waals surface area contributed by atoms with Crippen LogP contribution in [0.15, 0.2) is 18.2 Å². The number of hydrogen-bond acceptors (Lipinski definition) is 6. The Morgan fingerprint density at radius 2 is 2.16 bits per heavy atom. The minimum absolute atomic E-state index is 0.0447. The number of hydrogen-bond donors (Lipinski definition) is 2. The van der Waals surface area contributed by atoms with E-state index >= 15 is 0 Å². The van der Waals surface area contributed by atoms with E-state index in [4.69, 9.17) is 16.3 Å². The number of para-hydroxylation sites is 1. The number of thioether (sulfide) groups is 1. The van der Waals surface area contributed by atoms with Crippen molar-refractivity contribution in [3.8, 4) is 0 Å². The fraction of sp³-hybridized carbons (Fsp3) is 0.609. The SMILES string of the molecule is CCOC(=O)[C@@H]1[C@@H]2CCC3(S2)C(C(=O)Nc2c(C)cccc2Cl)N([C@@H](CC)CO)C(=O)[C@H]13. The van der Waals surface area contributed by atoms with Crippen molar-refractivity contribution in [3.63, 3.8) is 0 Å². The summed E-state index contributed by atoms with van der Waals surface area (Å²) < 4.78 is 4.59. The van der Waals surface area contributed by atoms with E-state index in [1.165, 1.54) is 4.90 Å². The summed E-state index contributed by atoms with van der Waals surface area (Å²) in [5.74, 6) is -2.14. The highest BCUT2D eigenvalue weighted by Gasteiger charge is 2.74. The number of halogens is 1. The summed E-state index contributed by atoms with van der Waals surface area (Å²) in [6, 6.07) is 4.06. The third kappa shape index (κ3) is 3.42. The van der Waals surface area contributed by atoms with Crippen molar-refractivity contribution in [1.29, 1.82) is 0 Å². The molecule has 2 amide bonds. The lowest BCUT2D eigenvalue weighted by molar-refractivity contribution is -0.154. The van der Waals surface area contributed by atoms with Gasteiger partial charge in [-0.3, -0.25) is 14.4 Å². The zero-order valence-corrected chi connectivity index (χ0v) is 20.0. The summed E-state index contributed by atoms with van der Waals surface area (Å²) in [6.45, 7) is 5.47. The maximum Gasteiger partial charge on any atom is 0.310 e. The average molecular weight is 481 g/mol. The molecule has 3 fully saturated rings. The highest BCUT2D eigenvalue weighted by molar-refractivity contribution is 8.02. The van der Waals surface area contributed by atoms with Gasteiger partial charge in [-0.05, 0) is 44.7 Å². The van der Waals surface area contributed by atoms with Crippen LogP contribution in [0.3, 0.4) is 0 Å². The third-order valence-electron chi connectivity index (χ3n) is 7.09. The van der Waals surface area contributed by atoms with E-state index in [-0.39, 0.29) is 36.2 Å². The van der Waals surface area contributed by atoms with Crippen LogP contribution in [0.2, 0.25) is 5.02 Å². The number of esters is 1. The molecule has 1 spiro atoms. The first-order valence-electron chi connectivity index (χ1n) is 11.1. The zero-order valence-electron chi connectivity index (χ0n) is 18.5. The molecular formula is C23H29ClN2O5S. The molecule has 174 valence electrons. The van der Waals surface area contributed by atoms with Crippen molar-refractivity contribution in [2.45, 2.75) is 62.1 Å². The largest absolute Gasteiger partial charge is 0.466 e. The number of rotatable bonds is 7. The van der Waals surface area contributed by atoms with Gasteiger partial charge in [-0.15, -0.1) is 11.8 Å². The monoisotopic (exact) mass is 480 g/mol. The van der Waals surface area contributed by atoms with Crippen LogP contribution in [0.1, 0.15) is 38.7 Å². The van der Waals surface area contributed by atoms with Gasteiger partial charge in [0.05, 0.1) is 46.5 Å². The molecule has 0 radical (unpaired) electrons. The second kappa shape index (κ2) is 8.88. The Morgan fingerprint density at radius 3 is 2.78 bits per heavy atom. The van der Waals surface area contributed by atoms with E-state index in [0.29, 0.717) is 23.6 Å². The lowest BCUT2D eigenvalue weighted by atomic mass is 9.71. The van der Waals surface area contributed by atoms with Crippen LogP contribution in [0.4, 0.5) is 5.69 Å². The van der Waals surface area contributed by atoms with Gasteiger partial charge in [0.25, 0.3) is 0 Å². The Balaban J connectivity index is 1.76. The van der Waals surface area contributed by atoms with Gasteiger partial charge in [0, 0.05) is 5.25 Å². The molecule has 7 nitrogen and oxygen atoms in total. The Labute approximate surface area is 197 Å². The molecule has 2 bridgehead atoms. The van der Waals surface area contributed by atoms with Crippen LogP contribution < -0.4 is 5.32 Å². The molecule has 1 aromatic rings. The summed E-state index contributed by atoms with van der Waals surface area (Å²) in [7, 11) is 0. The van der Waals surface area contributed by atoms with Gasteiger partial charge in [-0.25, -0.2) is 0 Å². The van der Waals surface area contributed by atoms with Gasteiger partial charge in [-0.1, -0.05) is 30.7 Å². The van der Waals surface area contributed by atoms with Gasteiger partial charge >= 0.3 is 5.97 Å². The molecule has 0 aromatic heterocycles. The molecule has 3 aliphatic rings. The van der Waals surface area contributed by atoms with Crippen LogP contribution >= 0.6 is 23.4 Å². The topological polar surface area (TPSA) is 95.9 Å². The molecular weight excluding hydrogens is 452 g/mol. The van der Waals surface area contributed by atoms with Gasteiger partial charge in [0.2, 0.25) is 11.8 Å². The van der Waals surface area contributed by atoms with E-state index in [2.05, 4.69) is 5.32 Å². The number of carbonyl (C=O) groups is 3. The minimum Gasteiger partial charge on any atom is -0.466 e. The second-order valence-electron chi connectivity index (χ2n) is 8.72. The summed E-state index contributed by atoms with van der Waals surface area (Å²) in [6.07, 6.45) is 1.90. The fourth-order valence-electron chi connectivity index (χ4n) is 5.69. The molecule has 1 aromatic carbocycles. The van der Waals surface area contributed by atoms with Crippen LogP contribution in [-0.2, 0) is 19.1 Å². The number of nitrogens with zero attached hydrogens (tertiary/aromatic N) is 1. The van der Waals surface area contributed by atoms with Crippen LogP contribution in [-0.4, -0.2) is 63.1 Å². The number of aliphatic hydroxyl groups is 1. The van der Waals surface area contributed by atoms with Gasteiger partial charge in [-0.2, -0.15) is 0 Å². The van der Waals surface area contributed by atoms with Crippen molar-refractivity contribution >= 4 is 46.8 Å². The van der Waals surface area contributed by atoms with Crippen molar-refractivity contribution in [2.75, 3.05) is 18.5 Å². The van der Waals surface area contributed by atoms with Gasteiger partial charge < -0.3 is 20.1 Å². The molecule has 32 heavy (non-hydrogen) atoms. The number of likely N-dealkylation sites (tertiary alicyclic amines) is 1. The summed E-state index contributed by atoms with van der Waals surface area (Å²) in [4.78, 5) is 41.9. The lowest BCUT2D eigenvalue weighted by Gasteiger charge is -2.36. The predicted molar refractivity (Wildman–Crippen MR) is 124 cm³/mol. The number of fused-ring (bicyclic) bond motifs is 1. The second-order valence-corrected chi connectivity index (χ2v) is 10.7. The number of benzene rings is 1. The van der Waals surface area contributed by atoms with Crippen molar-refractivity contribution in [2.24, 2.45) is 11.8 Å².